The number of hydrogen-bond donors (Lipinski definition) is 5. The molecule has 0 radical (unpaired) electrons. The topological polar surface area (TPSA) is 233 Å². The summed E-state index contributed by atoms with van der Waals surface area (Å²) >= 11 is 0. The van der Waals surface area contributed by atoms with Crippen molar-refractivity contribution in [3.63, 3.8) is 0 Å². The van der Waals surface area contributed by atoms with Gasteiger partial charge in [-0.05, 0) is 283 Å². The second-order valence-electron chi connectivity index (χ2n) is 38.0. The van der Waals surface area contributed by atoms with Crippen molar-refractivity contribution in [3.05, 3.63) is 23.3 Å². The predicted octanol–water partition coefficient (Wildman–Crippen LogP) is 13.1. The summed E-state index contributed by atoms with van der Waals surface area (Å²) in [6.45, 7) is 20.5. The number of carbonyl (C=O) groups excluding carboxylic acids is 5. The molecule has 15 nitrogen and oxygen atoms in total. The summed E-state index contributed by atoms with van der Waals surface area (Å²) < 4.78 is 26.7. The molecule has 0 bridgehead atoms. The molecule has 0 spiro atoms. The summed E-state index contributed by atoms with van der Waals surface area (Å²) in [4.78, 5) is 58.7. The Kier molecular flexibility index (Phi) is 17.3. The number of aldehydes is 1. The first-order chi connectivity index (χ1) is 45.5. The summed E-state index contributed by atoms with van der Waals surface area (Å²) in [7, 11) is 0. The van der Waals surface area contributed by atoms with Gasteiger partial charge in [-0.1, -0.05) is 68.2 Å². The molecule has 18 rings (SSSR count). The molecule has 0 amide bonds. The molecule has 96 heavy (non-hydrogen) atoms. The Bertz CT molecular complexity index is 3120. The van der Waals surface area contributed by atoms with Crippen molar-refractivity contribution in [2.24, 2.45) is 133 Å². The van der Waals surface area contributed by atoms with E-state index in [0.29, 0.717) is 123 Å². The summed E-state index contributed by atoms with van der Waals surface area (Å²) in [5.41, 5.74) is -0.335. The molecule has 3 saturated heterocycles. The number of carbonyl (C=O) groups is 5. The third-order valence-electron chi connectivity index (χ3n) is 34.8. The minimum Gasteiger partial charge on any atom is -0.465 e. The highest BCUT2D eigenvalue weighted by molar-refractivity contribution is 5.86. The zero-order chi connectivity index (χ0) is 67.7. The van der Waals surface area contributed by atoms with Crippen LogP contribution in [-0.2, 0) is 47.7 Å². The zero-order valence-corrected chi connectivity index (χ0v) is 59.6. The molecule has 534 valence electrons. The van der Waals surface area contributed by atoms with E-state index in [1.54, 1.807) is 12.2 Å². The molecule has 0 aromatic rings. The van der Waals surface area contributed by atoms with Crippen molar-refractivity contribution in [2.75, 3.05) is 19.8 Å². The van der Waals surface area contributed by atoms with Crippen molar-refractivity contribution in [3.8, 4) is 0 Å². The lowest BCUT2D eigenvalue weighted by atomic mass is 9.41. The Hall–Kier alpha value is -3.21. The van der Waals surface area contributed by atoms with E-state index in [1.165, 1.54) is 70.6 Å². The van der Waals surface area contributed by atoms with E-state index < -0.39 is 28.3 Å². The van der Waals surface area contributed by atoms with Crippen molar-refractivity contribution < 1.29 is 73.2 Å². The standard InChI is InChI=1S/C23H32O6.C23H34O4.C23H36O2.C12H18O3/c1-20-6-3-17-18(4-8-22(27)11-15(25)2-7-21(17,22)13-24)23(20,28)9-5-16(20)14-10-19(26)29-12-14;1-21-8-5-16(24)12-15(21)3-4-19-18(21)6-9-22(2)17(7-10-23(19,22)26)14-11-20(25)27-13-14;1-22-11-4-3-5-16(22)6-7-17-19-9-8-18(15-13-21(24)25-14-15)23(19,2)12-10-20(17)22;1-6-4-8-10(12(6,2)3)7-5-9(13)15-11(7)14-8/h10,13,15-18,25,27-28H,2-9,11-12H2,1H3;11,15-19,24,26H,3-10,12-13H2,1-2H3;15-20H,3-14H2,1-2H3;6-8,10-11H,4-5H2,1-3H3/t15-,16+,17?,18?,20+,21-,22-,23-;15-,16+,17-,18?,19?,21+,22-,23+;15-,16-,17-,18+,19+,20-,22-,23+;6-,7?,8-,10-,11?/m0100/s1. The summed E-state index contributed by atoms with van der Waals surface area (Å²) in [5.74, 6) is 7.89. The van der Waals surface area contributed by atoms with Gasteiger partial charge >= 0.3 is 23.9 Å². The third kappa shape index (κ3) is 10.2. The van der Waals surface area contributed by atoms with Gasteiger partial charge in [-0.25, -0.2) is 9.59 Å². The van der Waals surface area contributed by atoms with Gasteiger partial charge in [0.15, 0.2) is 0 Å². The molecule has 16 fully saturated rings. The van der Waals surface area contributed by atoms with Crippen molar-refractivity contribution in [1.82, 2.24) is 0 Å². The van der Waals surface area contributed by atoms with E-state index in [9.17, 15) is 49.5 Å². The minimum atomic E-state index is -1.18. The SMILES string of the molecule is C[C@H]1C[C@@H]2OC3OC(=O)CC3[C@@H]2C1(C)C.C[C@]12CCC3C(CC[C@]4(O)C[C@@H](O)CC[C@]34C=O)[C@@]1(O)CC[C@@H]2C1=CC(=O)OC1.C[C@]12CC[C@H](O)C[C@H]1CCC1C2CC[C@]2(C)[C@@H](C3=CC(=O)OC3)CC[C@]12O.C[C@]12CC[C@H]3[C@@H](CC[C@@H]4CCCC[C@@]43C)[C@H]1CC[C@@H]2[C@@H]1COC(=O)C1. The van der Waals surface area contributed by atoms with Gasteiger partial charge in [0.1, 0.15) is 19.5 Å². The first-order valence-corrected chi connectivity index (χ1v) is 39.2. The third-order valence-corrected chi connectivity index (χ3v) is 34.8. The largest absolute Gasteiger partial charge is 0.465 e. The van der Waals surface area contributed by atoms with Crippen LogP contribution in [0.5, 0.6) is 0 Å². The maximum Gasteiger partial charge on any atom is 0.331 e. The molecule has 6 unspecified atom stereocenters. The molecule has 13 aliphatic carbocycles. The zero-order valence-electron chi connectivity index (χ0n) is 59.6. The highest BCUT2D eigenvalue weighted by Gasteiger charge is 2.73. The number of rotatable bonds is 4. The summed E-state index contributed by atoms with van der Waals surface area (Å²) in [6, 6.07) is 0. The van der Waals surface area contributed by atoms with Crippen LogP contribution in [0.4, 0.5) is 0 Å². The fourth-order valence-corrected chi connectivity index (χ4v) is 29.3. The lowest BCUT2D eigenvalue weighted by Gasteiger charge is -2.65. The average molecular weight is 1330 g/mol. The molecule has 18 aliphatic rings. The smallest absolute Gasteiger partial charge is 0.331 e. The highest BCUT2D eigenvalue weighted by Crippen LogP contribution is 2.74. The Labute approximate surface area is 572 Å². The number of ether oxygens (including phenoxy) is 5. The first kappa shape index (κ1) is 68.6. The lowest BCUT2D eigenvalue weighted by Crippen LogP contribution is -2.68. The molecule has 5 aliphatic heterocycles. The average Bonchev–Trinajstić information content (AvgIpc) is 1.30. The molecule has 13 saturated carbocycles. The molecule has 5 heterocycles. The van der Waals surface area contributed by atoms with Crippen LogP contribution < -0.4 is 0 Å². The van der Waals surface area contributed by atoms with Crippen LogP contribution in [0.25, 0.3) is 0 Å². The van der Waals surface area contributed by atoms with Crippen LogP contribution in [0.2, 0.25) is 0 Å². The van der Waals surface area contributed by atoms with Gasteiger partial charge in [0, 0.05) is 41.2 Å². The van der Waals surface area contributed by atoms with Crippen molar-refractivity contribution in [2.45, 2.75) is 296 Å². The first-order valence-electron chi connectivity index (χ1n) is 39.2. The second kappa shape index (κ2) is 24.2. The van der Waals surface area contributed by atoms with Crippen LogP contribution in [-0.4, -0.2) is 117 Å². The predicted molar refractivity (Wildman–Crippen MR) is 358 cm³/mol. The lowest BCUT2D eigenvalue weighted by molar-refractivity contribution is -0.248. The molecule has 0 aromatic heterocycles. The van der Waals surface area contributed by atoms with E-state index in [1.807, 2.05) is 0 Å². The van der Waals surface area contributed by atoms with Crippen LogP contribution in [0.3, 0.4) is 0 Å². The van der Waals surface area contributed by atoms with Crippen molar-refractivity contribution in [1.29, 1.82) is 0 Å². The van der Waals surface area contributed by atoms with E-state index in [0.717, 1.165) is 124 Å². The summed E-state index contributed by atoms with van der Waals surface area (Å²) in [5, 5.41) is 56.0. The van der Waals surface area contributed by atoms with Gasteiger partial charge in [0.25, 0.3) is 0 Å². The maximum absolute atomic E-state index is 12.5. The van der Waals surface area contributed by atoms with Crippen LogP contribution in [0, 0.1) is 133 Å². The number of esters is 4. The van der Waals surface area contributed by atoms with E-state index in [-0.39, 0.29) is 88.0 Å². The normalized spacial score (nSPS) is 54.1. The number of fused-ring (bicyclic) bond motifs is 18. The molecular weight excluding hydrogens is 1210 g/mol. The quantitative estimate of drug-likeness (QED) is 0.100. The Morgan fingerprint density at radius 3 is 1.73 bits per heavy atom. The molecule has 29 atom stereocenters. The van der Waals surface area contributed by atoms with Gasteiger partial charge in [-0.3, -0.25) is 9.59 Å². The molecule has 15 heteroatoms. The van der Waals surface area contributed by atoms with Gasteiger partial charge in [0.2, 0.25) is 6.29 Å². The monoisotopic (exact) mass is 1330 g/mol. The Balaban J connectivity index is 0.000000107. The number of aliphatic hydroxyl groups is 5. The Morgan fingerprint density at radius 1 is 0.500 bits per heavy atom. The number of aliphatic hydroxyl groups excluding tert-OH is 2. The van der Waals surface area contributed by atoms with Crippen LogP contribution in [0.1, 0.15) is 254 Å². The Morgan fingerprint density at radius 2 is 1.08 bits per heavy atom. The second-order valence-corrected chi connectivity index (χ2v) is 38.0. The number of cyclic esters (lactones) is 3. The minimum absolute atomic E-state index is 0.0504. The van der Waals surface area contributed by atoms with Gasteiger partial charge in [-0.2, -0.15) is 0 Å². The molecule has 0 aromatic carbocycles. The summed E-state index contributed by atoms with van der Waals surface area (Å²) in [6.07, 6.45) is 35.2. The van der Waals surface area contributed by atoms with E-state index in [2.05, 4.69) is 55.4 Å². The van der Waals surface area contributed by atoms with Gasteiger partial charge < -0.3 is 54.0 Å². The van der Waals surface area contributed by atoms with Crippen LogP contribution in [0.15, 0.2) is 23.3 Å². The highest BCUT2D eigenvalue weighted by atomic mass is 16.7. The fraction of sp³-hybridized carbons (Fsp3) is 0.889. The van der Waals surface area contributed by atoms with Gasteiger partial charge in [-0.15, -0.1) is 0 Å². The van der Waals surface area contributed by atoms with Crippen LogP contribution >= 0.6 is 0 Å². The van der Waals surface area contributed by atoms with Gasteiger partial charge in [0.05, 0.1) is 60.0 Å². The molecule has 5 N–H and O–H groups in total. The van der Waals surface area contributed by atoms with Crippen molar-refractivity contribution >= 4 is 30.2 Å². The number of hydrogen-bond acceptors (Lipinski definition) is 15. The maximum atomic E-state index is 12.5. The van der Waals surface area contributed by atoms with E-state index >= 15 is 0 Å². The van der Waals surface area contributed by atoms with E-state index in [4.69, 9.17) is 23.7 Å². The molecular formula is C81H120O15. The fourth-order valence-electron chi connectivity index (χ4n) is 29.3.